The van der Waals surface area contributed by atoms with E-state index in [0.717, 1.165) is 88.2 Å². The molecule has 0 radical (unpaired) electrons. The van der Waals surface area contributed by atoms with Crippen molar-refractivity contribution in [1.29, 1.82) is 0 Å². The van der Waals surface area contributed by atoms with E-state index >= 15 is 0 Å². The van der Waals surface area contributed by atoms with Gasteiger partial charge in [0.05, 0.1) is 18.7 Å². The molecule has 0 aliphatic rings. The Bertz CT molecular complexity index is 7220. The van der Waals surface area contributed by atoms with Crippen molar-refractivity contribution >= 4 is 142 Å². The van der Waals surface area contributed by atoms with E-state index in [1.807, 2.05) is 48.7 Å². The second kappa shape index (κ2) is 24.3. The summed E-state index contributed by atoms with van der Waals surface area (Å²) in [5.41, 5.74) is 22.0. The van der Waals surface area contributed by atoms with Gasteiger partial charge in [0.15, 0.2) is 11.4 Å². The molecule has 0 aliphatic carbocycles. The van der Waals surface area contributed by atoms with Crippen LogP contribution in [0.5, 0.6) is 0 Å². The van der Waals surface area contributed by atoms with Crippen molar-refractivity contribution in [3.63, 3.8) is 0 Å². The summed E-state index contributed by atoms with van der Waals surface area (Å²) in [5, 5.41) is 22.6. The second-order valence-corrected chi connectivity index (χ2v) is 27.0. The standard InChI is InChI=1S/C52H30N2O.C47H27NO/c1-53-38-24-26-51-49(29-38)48-28-37(23-25-50(48)55-51)32-15-17-34(18-16-32)44-30-46-43-13-5-3-11-41(43)45(31-47(46)42-12-4-2-10-40(42)44)35-21-19-33(20-22-35)39-14-6-8-36-9-7-27-54-52(36)39;1-48-35-21-23-47-45(26-35)44-25-33(20-22-46(44)49-47)30-14-17-31(18-15-30)40-27-42-39-13-7-5-11-37(39)41(28-43(42)38-12-6-4-10-36(38)40)34-19-16-29-8-2-3-9-32(29)24-34/h2-31H;2-28H. The van der Waals surface area contributed by atoms with Gasteiger partial charge < -0.3 is 8.83 Å². The summed E-state index contributed by atoms with van der Waals surface area (Å²) in [4.78, 5) is 11.9. The maximum Gasteiger partial charge on any atom is 0.188 e. The zero-order valence-corrected chi connectivity index (χ0v) is 56.1. The molecule has 21 aromatic rings. The first-order valence-electron chi connectivity index (χ1n) is 35.0. The SMILES string of the molecule is [C-]#[N+]c1ccc2oc3ccc(-c4ccc(-c5cc6c7ccccc7c(-c7ccc(-c8cccc9cccnc89)cc7)cc6c6ccccc56)cc4)cc3c2c1.[C-]#[N+]c1ccc2oc3ccc(-c4ccc(-c5cc6c7ccccc7c(-c7ccc8ccccc8c7)cc6c6ccccc56)cc4)cc3c2c1. The molecule has 0 fully saturated rings. The number of fused-ring (bicyclic) bond motifs is 18. The van der Waals surface area contributed by atoms with E-state index in [2.05, 4.69) is 295 Å². The number of para-hydroxylation sites is 1. The summed E-state index contributed by atoms with van der Waals surface area (Å²) in [6.45, 7) is 14.9. The van der Waals surface area contributed by atoms with Crippen LogP contribution < -0.4 is 0 Å². The van der Waals surface area contributed by atoms with Crippen molar-refractivity contribution in [1.82, 2.24) is 4.98 Å². The largest absolute Gasteiger partial charge is 0.456 e. The number of nitrogens with zero attached hydrogens (tertiary/aromatic N) is 3. The third-order valence-corrected chi connectivity index (χ3v) is 21.2. The molecule has 18 aromatic carbocycles. The topological polar surface area (TPSA) is 47.9 Å². The fraction of sp³-hybridized carbons (Fsp3) is 0. The Kier molecular flexibility index (Phi) is 14.0. The molecule has 480 valence electrons. The van der Waals surface area contributed by atoms with Crippen LogP contribution in [0.25, 0.3) is 218 Å². The zero-order chi connectivity index (χ0) is 68.9. The first-order chi connectivity index (χ1) is 51.4. The zero-order valence-electron chi connectivity index (χ0n) is 56.1. The Hall–Kier alpha value is -14.2. The molecule has 3 heterocycles. The lowest BCUT2D eigenvalue weighted by Gasteiger charge is -2.16. The number of furan rings is 2. The minimum Gasteiger partial charge on any atom is -0.456 e. The Morgan fingerprint density at radius 2 is 0.529 bits per heavy atom. The van der Waals surface area contributed by atoms with Gasteiger partial charge in [-0.05, 0) is 233 Å². The van der Waals surface area contributed by atoms with Crippen LogP contribution in [0.1, 0.15) is 0 Å². The number of benzene rings is 18. The van der Waals surface area contributed by atoms with Gasteiger partial charge in [0, 0.05) is 38.7 Å². The molecule has 0 aliphatic heterocycles. The molecule has 3 aromatic heterocycles. The predicted molar refractivity (Wildman–Crippen MR) is 436 cm³/mol. The molecule has 0 bridgehead atoms. The molecule has 104 heavy (non-hydrogen) atoms. The summed E-state index contributed by atoms with van der Waals surface area (Å²) >= 11 is 0. The molecular weight excluding hydrogens is 1260 g/mol. The Labute approximate surface area is 598 Å². The molecule has 0 unspecified atom stereocenters. The fourth-order valence-corrected chi connectivity index (χ4v) is 16.1. The van der Waals surface area contributed by atoms with Crippen LogP contribution in [-0.4, -0.2) is 4.98 Å². The molecule has 21 rings (SSSR count). The summed E-state index contributed by atoms with van der Waals surface area (Å²) in [6.07, 6.45) is 1.87. The van der Waals surface area contributed by atoms with E-state index in [1.54, 1.807) is 12.1 Å². The molecule has 0 N–H and O–H groups in total. The van der Waals surface area contributed by atoms with Crippen molar-refractivity contribution in [3.8, 4) is 77.9 Å². The van der Waals surface area contributed by atoms with Crippen LogP contribution in [0.2, 0.25) is 0 Å². The lowest BCUT2D eigenvalue weighted by atomic mass is 9.87. The molecular formula is C99H57N3O2. The number of hydrogen-bond donors (Lipinski definition) is 0. The molecule has 0 spiro atoms. The van der Waals surface area contributed by atoms with Gasteiger partial charge in [-0.15, -0.1) is 0 Å². The summed E-state index contributed by atoms with van der Waals surface area (Å²) in [7, 11) is 0. The van der Waals surface area contributed by atoms with Crippen LogP contribution in [0.15, 0.2) is 355 Å². The summed E-state index contributed by atoms with van der Waals surface area (Å²) in [5.74, 6) is 0. The normalized spacial score (nSPS) is 11.6. The van der Waals surface area contributed by atoms with Crippen molar-refractivity contribution in [2.24, 2.45) is 0 Å². The highest BCUT2D eigenvalue weighted by Gasteiger charge is 2.20. The van der Waals surface area contributed by atoms with Gasteiger partial charge in [0.1, 0.15) is 22.3 Å². The summed E-state index contributed by atoms with van der Waals surface area (Å²) in [6, 6.07) is 121. The van der Waals surface area contributed by atoms with E-state index in [4.69, 9.17) is 27.0 Å². The molecule has 5 heteroatoms. The van der Waals surface area contributed by atoms with Crippen LogP contribution in [0.4, 0.5) is 11.4 Å². The van der Waals surface area contributed by atoms with Gasteiger partial charge in [0.2, 0.25) is 0 Å². The number of pyridine rings is 1. The van der Waals surface area contributed by atoms with E-state index in [1.165, 1.54) is 120 Å². The van der Waals surface area contributed by atoms with Gasteiger partial charge in [-0.1, -0.05) is 255 Å². The van der Waals surface area contributed by atoms with E-state index < -0.39 is 0 Å². The fourth-order valence-electron chi connectivity index (χ4n) is 16.1. The van der Waals surface area contributed by atoms with Gasteiger partial charge in [0.25, 0.3) is 0 Å². The first kappa shape index (κ1) is 59.8. The third kappa shape index (κ3) is 10.0. The average molecular weight is 1320 g/mol. The Morgan fingerprint density at radius 1 is 0.202 bits per heavy atom. The van der Waals surface area contributed by atoms with Crippen LogP contribution in [0, 0.1) is 13.1 Å². The molecule has 0 saturated carbocycles. The molecule has 0 atom stereocenters. The Balaban J connectivity index is 0.000000139. The van der Waals surface area contributed by atoms with Crippen molar-refractivity contribution in [3.05, 3.63) is 369 Å². The van der Waals surface area contributed by atoms with Gasteiger partial charge in [-0.25, -0.2) is 9.69 Å². The summed E-state index contributed by atoms with van der Waals surface area (Å²) < 4.78 is 12.2. The number of aromatic nitrogens is 1. The van der Waals surface area contributed by atoms with E-state index in [9.17, 15) is 0 Å². The van der Waals surface area contributed by atoms with Crippen LogP contribution in [0.3, 0.4) is 0 Å². The minimum absolute atomic E-state index is 0.612. The Morgan fingerprint density at radius 3 is 0.962 bits per heavy atom. The van der Waals surface area contributed by atoms with Gasteiger partial charge >= 0.3 is 0 Å². The first-order valence-corrected chi connectivity index (χ1v) is 35.0. The highest BCUT2D eigenvalue weighted by molar-refractivity contribution is 6.26. The van der Waals surface area contributed by atoms with Crippen molar-refractivity contribution in [2.75, 3.05) is 0 Å². The van der Waals surface area contributed by atoms with E-state index in [0.29, 0.717) is 11.4 Å². The van der Waals surface area contributed by atoms with E-state index in [-0.39, 0.29) is 0 Å². The van der Waals surface area contributed by atoms with Crippen LogP contribution in [-0.2, 0) is 0 Å². The van der Waals surface area contributed by atoms with Crippen molar-refractivity contribution in [2.45, 2.75) is 0 Å². The minimum atomic E-state index is 0.612. The quantitative estimate of drug-likeness (QED) is 0.118. The second-order valence-electron chi connectivity index (χ2n) is 27.0. The monoisotopic (exact) mass is 1320 g/mol. The maximum atomic E-state index is 7.47. The highest BCUT2D eigenvalue weighted by Crippen LogP contribution is 2.46. The van der Waals surface area contributed by atoms with Gasteiger partial charge in [-0.3, -0.25) is 4.98 Å². The lowest BCUT2D eigenvalue weighted by molar-refractivity contribution is 0.668. The average Bonchev–Trinajstić information content (AvgIpc) is 0.995. The third-order valence-electron chi connectivity index (χ3n) is 21.2. The van der Waals surface area contributed by atoms with Crippen molar-refractivity contribution < 1.29 is 8.83 Å². The highest BCUT2D eigenvalue weighted by atomic mass is 16.3. The molecule has 0 saturated heterocycles. The molecule has 5 nitrogen and oxygen atoms in total. The molecule has 0 amide bonds. The van der Waals surface area contributed by atoms with Gasteiger partial charge in [-0.2, -0.15) is 0 Å². The van der Waals surface area contributed by atoms with Crippen LogP contribution >= 0.6 is 0 Å². The number of hydrogen-bond acceptors (Lipinski definition) is 3. The smallest absolute Gasteiger partial charge is 0.188 e. The predicted octanol–water partition coefficient (Wildman–Crippen LogP) is 28.6. The maximum absolute atomic E-state index is 7.47. The number of rotatable bonds is 7. The lowest BCUT2D eigenvalue weighted by Crippen LogP contribution is -1.89.